The summed E-state index contributed by atoms with van der Waals surface area (Å²) in [6.45, 7) is 8.53. The summed E-state index contributed by atoms with van der Waals surface area (Å²) >= 11 is 0. The number of carbonyl (C=O) groups is 3. The maximum absolute atomic E-state index is 13.1. The lowest BCUT2D eigenvalue weighted by Crippen LogP contribution is -2.34. The summed E-state index contributed by atoms with van der Waals surface area (Å²) in [6.07, 6.45) is -4.05. The topological polar surface area (TPSA) is 124 Å². The molecular formula is C39H43F3N2O8. The van der Waals surface area contributed by atoms with E-state index >= 15 is 0 Å². The van der Waals surface area contributed by atoms with Crippen LogP contribution in [0.25, 0.3) is 10.8 Å². The Bertz CT molecular complexity index is 1980. The molecule has 1 aromatic heterocycles. The minimum atomic E-state index is -4.97. The molecule has 1 N–H and O–H groups in total. The fourth-order valence-electron chi connectivity index (χ4n) is 5.82. The van der Waals surface area contributed by atoms with Crippen LogP contribution in [-0.4, -0.2) is 60.6 Å². The van der Waals surface area contributed by atoms with Crippen molar-refractivity contribution in [1.29, 1.82) is 0 Å². The normalized spacial score (nSPS) is 12.9. The van der Waals surface area contributed by atoms with Crippen molar-refractivity contribution in [3.05, 3.63) is 111 Å². The Morgan fingerprint density at radius 2 is 1.65 bits per heavy atom. The molecule has 13 heteroatoms. The summed E-state index contributed by atoms with van der Waals surface area (Å²) in [5, 5.41) is 1.32. The van der Waals surface area contributed by atoms with Crippen molar-refractivity contribution >= 4 is 28.8 Å². The highest BCUT2D eigenvalue weighted by molar-refractivity contribution is 5.83. The number of H-pyrrole nitrogens is 1. The zero-order chi connectivity index (χ0) is 38.4. The number of amides is 1. The first kappa shape index (κ1) is 39.5. The number of pyridine rings is 1. The van der Waals surface area contributed by atoms with Gasteiger partial charge in [0.05, 0.1) is 32.6 Å². The van der Waals surface area contributed by atoms with Crippen molar-refractivity contribution in [2.75, 3.05) is 20.8 Å². The van der Waals surface area contributed by atoms with E-state index in [2.05, 4.69) is 9.72 Å². The number of carbonyl (C=O) groups excluding carboxylic acids is 3. The van der Waals surface area contributed by atoms with Crippen LogP contribution in [0.4, 0.5) is 18.0 Å². The number of ether oxygens (including phenoxy) is 4. The fourth-order valence-corrected chi connectivity index (χ4v) is 5.82. The maximum atomic E-state index is 13.1. The zero-order valence-corrected chi connectivity index (χ0v) is 30.2. The predicted molar refractivity (Wildman–Crippen MR) is 188 cm³/mol. The third kappa shape index (κ3) is 10.8. The number of nitrogens with one attached hydrogen (secondary N) is 1. The highest BCUT2D eigenvalue weighted by Gasteiger charge is 2.33. The van der Waals surface area contributed by atoms with Gasteiger partial charge >= 0.3 is 24.4 Å². The lowest BCUT2D eigenvalue weighted by atomic mass is 9.87. The largest absolute Gasteiger partial charge is 0.573 e. The van der Waals surface area contributed by atoms with Crippen molar-refractivity contribution in [3.63, 3.8) is 0 Å². The molecule has 0 spiro atoms. The number of halogens is 3. The Kier molecular flexibility index (Phi) is 12.4. The van der Waals surface area contributed by atoms with Crippen LogP contribution >= 0.6 is 0 Å². The number of aryl methyl sites for hydroxylation is 1. The fraction of sp³-hybridized carbons (Fsp3) is 0.385. The van der Waals surface area contributed by atoms with Gasteiger partial charge in [-0.2, -0.15) is 0 Å². The third-order valence-corrected chi connectivity index (χ3v) is 8.30. The second-order valence-corrected chi connectivity index (χ2v) is 13.7. The molecule has 4 rings (SSSR count). The van der Waals surface area contributed by atoms with Crippen molar-refractivity contribution in [2.24, 2.45) is 0 Å². The molecule has 0 saturated heterocycles. The minimum Gasteiger partial charge on any atom is -0.469 e. The number of hydrogen-bond donors (Lipinski definition) is 1. The molecule has 0 aliphatic rings. The predicted octanol–water partition coefficient (Wildman–Crippen LogP) is 7.49. The number of alkyl halides is 3. The molecule has 2 atom stereocenters. The van der Waals surface area contributed by atoms with E-state index < -0.39 is 41.7 Å². The van der Waals surface area contributed by atoms with Gasteiger partial charge in [0, 0.05) is 30.1 Å². The zero-order valence-electron chi connectivity index (χ0n) is 30.2. The van der Waals surface area contributed by atoms with E-state index in [1.54, 1.807) is 39.1 Å². The molecular weight excluding hydrogens is 681 g/mol. The number of rotatable bonds is 12. The molecule has 1 amide bonds. The quantitative estimate of drug-likeness (QED) is 0.118. The molecule has 10 nitrogen and oxygen atoms in total. The number of hydrogen-bond acceptors (Lipinski definition) is 8. The van der Waals surface area contributed by atoms with Crippen LogP contribution in [0.15, 0.2) is 71.7 Å². The molecule has 4 aromatic rings. The molecule has 3 aromatic carbocycles. The number of nitrogens with zero attached hydrogens (tertiary/aromatic N) is 1. The van der Waals surface area contributed by atoms with Crippen molar-refractivity contribution < 1.29 is 46.5 Å². The van der Waals surface area contributed by atoms with Gasteiger partial charge < -0.3 is 28.8 Å². The van der Waals surface area contributed by atoms with E-state index in [0.29, 0.717) is 17.4 Å². The average molecular weight is 725 g/mol. The van der Waals surface area contributed by atoms with Gasteiger partial charge in [-0.15, -0.1) is 13.2 Å². The minimum absolute atomic E-state index is 0.0224. The first-order valence-electron chi connectivity index (χ1n) is 16.6. The Labute approximate surface area is 299 Å². The number of fused-ring (bicyclic) bond motifs is 1. The van der Waals surface area contributed by atoms with E-state index in [4.69, 9.17) is 14.2 Å². The van der Waals surface area contributed by atoms with Gasteiger partial charge in [-0.1, -0.05) is 43.3 Å². The van der Waals surface area contributed by atoms with Gasteiger partial charge in [-0.3, -0.25) is 14.4 Å². The molecule has 0 bridgehead atoms. The van der Waals surface area contributed by atoms with Gasteiger partial charge in [-0.05, 0) is 91.6 Å². The van der Waals surface area contributed by atoms with E-state index in [0.717, 1.165) is 38.6 Å². The van der Waals surface area contributed by atoms with Crippen molar-refractivity contribution in [1.82, 2.24) is 9.88 Å². The van der Waals surface area contributed by atoms with Crippen molar-refractivity contribution in [2.45, 2.75) is 77.8 Å². The van der Waals surface area contributed by atoms with Crippen molar-refractivity contribution in [3.8, 4) is 5.75 Å². The highest BCUT2D eigenvalue weighted by atomic mass is 19.4. The van der Waals surface area contributed by atoms with Crippen LogP contribution < -0.4 is 10.3 Å². The molecule has 0 aliphatic carbocycles. The van der Waals surface area contributed by atoms with Gasteiger partial charge in [-0.25, -0.2) is 4.79 Å². The highest BCUT2D eigenvalue weighted by Crippen LogP contribution is 2.31. The number of aromatic nitrogens is 1. The van der Waals surface area contributed by atoms with Gasteiger partial charge in [0.25, 0.3) is 5.56 Å². The summed E-state index contributed by atoms with van der Waals surface area (Å²) < 4.78 is 59.5. The summed E-state index contributed by atoms with van der Waals surface area (Å²) in [5.74, 6) is -2.39. The Hall–Kier alpha value is -5.33. The van der Waals surface area contributed by atoms with Crippen LogP contribution in [0.2, 0.25) is 0 Å². The maximum Gasteiger partial charge on any atom is 0.573 e. The van der Waals surface area contributed by atoms with Gasteiger partial charge in [0.2, 0.25) is 0 Å². The van der Waals surface area contributed by atoms with Crippen LogP contribution in [0, 0.1) is 6.92 Å². The molecule has 1 heterocycles. The Morgan fingerprint density at radius 1 is 0.942 bits per heavy atom. The van der Waals surface area contributed by atoms with Gasteiger partial charge in [0.1, 0.15) is 11.4 Å². The smallest absolute Gasteiger partial charge is 0.469 e. The second-order valence-electron chi connectivity index (χ2n) is 13.7. The number of methoxy groups -OCH3 is 1. The summed E-state index contributed by atoms with van der Waals surface area (Å²) in [7, 11) is 2.71. The summed E-state index contributed by atoms with van der Waals surface area (Å²) in [6, 6.07) is 16.7. The van der Waals surface area contributed by atoms with Crippen LogP contribution in [0.5, 0.6) is 5.75 Å². The SMILES string of the molecule is COC(=O)C(Cc1ccc2cc[nH]c(=O)c2c1)c1ccc([C@@H](C)COC(=O)Cc2ccc(OC(F)(F)F)c(CN(C)C(=O)OC(C)(C)C)c2)c(C)c1. The summed E-state index contributed by atoms with van der Waals surface area (Å²) in [5.41, 5.74) is 2.64. The standard InChI is InChI=1S/C39H43F3N2O8/c1-23-16-28(32(36(47)49-7)19-26-8-10-27-14-15-43-35(46)31(27)18-26)11-12-30(23)24(2)22-50-34(45)20-25-9-13-33(51-39(40,41)42)29(17-25)21-44(6)37(48)52-38(3,4)5/h8-18,24,32H,19-22H2,1-7H3,(H,43,46)/t24-,32?/m0/s1. The molecule has 0 fully saturated rings. The average Bonchev–Trinajstić information content (AvgIpc) is 3.05. The Morgan fingerprint density at radius 3 is 2.31 bits per heavy atom. The molecule has 1 unspecified atom stereocenters. The van der Waals surface area contributed by atoms with Crippen LogP contribution in [0.3, 0.4) is 0 Å². The first-order chi connectivity index (χ1) is 24.3. The number of esters is 2. The molecule has 0 radical (unpaired) electrons. The van der Waals surface area contributed by atoms with E-state index in [1.165, 1.54) is 26.3 Å². The molecule has 0 aliphatic heterocycles. The van der Waals surface area contributed by atoms with Gasteiger partial charge in [0.15, 0.2) is 0 Å². The Balaban J connectivity index is 1.43. The van der Waals surface area contributed by atoms with E-state index in [9.17, 15) is 32.3 Å². The number of benzene rings is 3. The van der Waals surface area contributed by atoms with E-state index in [-0.39, 0.29) is 36.6 Å². The number of aromatic amines is 1. The van der Waals surface area contributed by atoms with E-state index in [1.807, 2.05) is 44.2 Å². The second kappa shape index (κ2) is 16.3. The molecule has 0 saturated carbocycles. The lowest BCUT2D eigenvalue weighted by molar-refractivity contribution is -0.275. The lowest BCUT2D eigenvalue weighted by Gasteiger charge is -2.25. The molecule has 278 valence electrons. The van der Waals surface area contributed by atoms with Crippen LogP contribution in [-0.2, 0) is 43.2 Å². The van der Waals surface area contributed by atoms with Crippen LogP contribution in [0.1, 0.15) is 72.9 Å². The summed E-state index contributed by atoms with van der Waals surface area (Å²) in [4.78, 5) is 54.4. The monoisotopic (exact) mass is 724 g/mol. The first-order valence-corrected chi connectivity index (χ1v) is 16.6. The third-order valence-electron chi connectivity index (χ3n) is 8.30. The molecule has 52 heavy (non-hydrogen) atoms.